The Morgan fingerprint density at radius 3 is 2.27 bits per heavy atom. The third-order valence-electron chi connectivity index (χ3n) is 3.05. The van der Waals surface area contributed by atoms with Crippen molar-refractivity contribution in [2.24, 2.45) is 5.73 Å². The molecule has 0 heterocycles. The Morgan fingerprint density at radius 2 is 1.64 bits per heavy atom. The predicted octanol–water partition coefficient (Wildman–Crippen LogP) is 2.88. The Morgan fingerprint density at radius 1 is 1.05 bits per heavy atom. The topological polar surface area (TPSA) is 72.2 Å². The van der Waals surface area contributed by atoms with E-state index in [-0.39, 0.29) is 30.7 Å². The summed E-state index contributed by atoms with van der Waals surface area (Å²) in [7, 11) is -3.47. The van der Waals surface area contributed by atoms with Crippen LogP contribution in [0.25, 0.3) is 0 Å². The van der Waals surface area contributed by atoms with E-state index in [4.69, 9.17) is 17.3 Å². The number of hydrogen-bond acceptors (Lipinski definition) is 3. The minimum absolute atomic E-state index is 0. The van der Waals surface area contributed by atoms with Gasteiger partial charge in [-0.3, -0.25) is 0 Å². The maximum atomic E-state index is 12.1. The van der Waals surface area contributed by atoms with Crippen molar-refractivity contribution in [3.05, 3.63) is 70.7 Å². The van der Waals surface area contributed by atoms with Gasteiger partial charge in [0.25, 0.3) is 0 Å². The fraction of sp³-hybridized carbons (Fsp3) is 0.200. The Balaban J connectivity index is 0.00000242. The van der Waals surface area contributed by atoms with Crippen LogP contribution in [0.2, 0.25) is 5.02 Å². The number of rotatable bonds is 6. The summed E-state index contributed by atoms with van der Waals surface area (Å²) in [5, 5.41) is 0.440. The molecule has 0 radical (unpaired) electrons. The highest BCUT2D eigenvalue weighted by Crippen LogP contribution is 2.17. The van der Waals surface area contributed by atoms with Crippen LogP contribution in [0.5, 0.6) is 0 Å². The van der Waals surface area contributed by atoms with Gasteiger partial charge in [-0.25, -0.2) is 13.1 Å². The molecule has 0 aliphatic rings. The molecule has 0 aliphatic heterocycles. The van der Waals surface area contributed by atoms with Gasteiger partial charge in [0.1, 0.15) is 0 Å². The van der Waals surface area contributed by atoms with Crippen molar-refractivity contribution >= 4 is 34.0 Å². The molecule has 120 valence electrons. The molecule has 0 fully saturated rings. The maximum Gasteiger partial charge on any atom is 0.215 e. The molecular formula is C15H18Cl2N2O2S. The molecule has 2 aromatic carbocycles. The zero-order valence-electron chi connectivity index (χ0n) is 11.8. The number of sulfonamides is 1. The molecule has 3 N–H and O–H groups in total. The molecule has 7 heteroatoms. The van der Waals surface area contributed by atoms with Crippen LogP contribution in [0.1, 0.15) is 17.2 Å². The van der Waals surface area contributed by atoms with E-state index in [1.165, 1.54) is 0 Å². The second kappa shape index (κ2) is 8.50. The zero-order valence-corrected chi connectivity index (χ0v) is 14.2. The Labute approximate surface area is 142 Å². The van der Waals surface area contributed by atoms with Gasteiger partial charge < -0.3 is 5.73 Å². The summed E-state index contributed by atoms with van der Waals surface area (Å²) in [6, 6.07) is 15.9. The maximum absolute atomic E-state index is 12.1. The minimum Gasteiger partial charge on any atom is -0.323 e. The van der Waals surface area contributed by atoms with Gasteiger partial charge in [-0.05, 0) is 17.2 Å². The van der Waals surface area contributed by atoms with Gasteiger partial charge in [-0.1, -0.05) is 60.1 Å². The molecule has 1 atom stereocenters. The fourth-order valence-electron chi connectivity index (χ4n) is 1.91. The van der Waals surface area contributed by atoms with Crippen molar-refractivity contribution < 1.29 is 8.42 Å². The molecule has 0 spiro atoms. The molecule has 0 bridgehead atoms. The second-order valence-electron chi connectivity index (χ2n) is 4.72. The molecule has 0 aliphatic carbocycles. The Bertz CT molecular complexity index is 694. The zero-order chi connectivity index (χ0) is 15.3. The molecule has 0 saturated heterocycles. The highest BCUT2D eigenvalue weighted by Gasteiger charge is 2.15. The van der Waals surface area contributed by atoms with Gasteiger partial charge in [0, 0.05) is 17.6 Å². The first kappa shape index (κ1) is 18.9. The lowest BCUT2D eigenvalue weighted by Gasteiger charge is -2.13. The molecule has 22 heavy (non-hydrogen) atoms. The quantitative estimate of drug-likeness (QED) is 0.831. The number of nitrogens with two attached hydrogens (primary N) is 1. The van der Waals surface area contributed by atoms with E-state index in [2.05, 4.69) is 4.72 Å². The molecule has 0 amide bonds. The SMILES string of the molecule is Cl.NC(CNS(=O)(=O)Cc1ccccc1Cl)c1ccccc1. The summed E-state index contributed by atoms with van der Waals surface area (Å²) < 4.78 is 26.6. The van der Waals surface area contributed by atoms with Gasteiger partial charge in [0.15, 0.2) is 0 Å². The molecule has 0 aromatic heterocycles. The van der Waals surface area contributed by atoms with Gasteiger partial charge in [0.2, 0.25) is 10.0 Å². The molecule has 2 aromatic rings. The first-order valence-corrected chi connectivity index (χ1v) is 8.52. The summed E-state index contributed by atoms with van der Waals surface area (Å²) in [6.45, 7) is 0.150. The van der Waals surface area contributed by atoms with Crippen molar-refractivity contribution in [3.63, 3.8) is 0 Å². The van der Waals surface area contributed by atoms with E-state index in [9.17, 15) is 8.42 Å². The van der Waals surface area contributed by atoms with E-state index in [1.54, 1.807) is 24.3 Å². The average molecular weight is 361 g/mol. The van der Waals surface area contributed by atoms with Crippen LogP contribution in [-0.4, -0.2) is 15.0 Å². The lowest BCUT2D eigenvalue weighted by Crippen LogP contribution is -2.32. The van der Waals surface area contributed by atoms with Gasteiger partial charge in [-0.15, -0.1) is 12.4 Å². The van der Waals surface area contributed by atoms with Crippen molar-refractivity contribution in [2.75, 3.05) is 6.54 Å². The summed E-state index contributed by atoms with van der Waals surface area (Å²) in [6.07, 6.45) is 0. The second-order valence-corrected chi connectivity index (χ2v) is 6.93. The first-order valence-electron chi connectivity index (χ1n) is 6.49. The Hall–Kier alpha value is -1.11. The van der Waals surface area contributed by atoms with Crippen LogP contribution < -0.4 is 10.5 Å². The molecule has 2 rings (SSSR count). The van der Waals surface area contributed by atoms with Crippen molar-refractivity contribution in [1.82, 2.24) is 4.72 Å². The fourth-order valence-corrected chi connectivity index (χ4v) is 3.38. The van der Waals surface area contributed by atoms with Gasteiger partial charge in [-0.2, -0.15) is 0 Å². The standard InChI is InChI=1S/C15H17ClN2O2S.ClH/c16-14-9-5-4-8-13(14)11-21(19,20)18-10-15(17)12-6-2-1-3-7-12;/h1-9,15,18H,10-11,17H2;1H. The van der Waals surface area contributed by atoms with Crippen LogP contribution in [0, 0.1) is 0 Å². The van der Waals surface area contributed by atoms with E-state index >= 15 is 0 Å². The molecule has 0 saturated carbocycles. The van der Waals surface area contributed by atoms with Crippen molar-refractivity contribution in [2.45, 2.75) is 11.8 Å². The normalized spacial score (nSPS) is 12.5. The lowest BCUT2D eigenvalue weighted by atomic mass is 10.1. The van der Waals surface area contributed by atoms with Crippen LogP contribution in [0.15, 0.2) is 54.6 Å². The highest BCUT2D eigenvalue weighted by atomic mass is 35.5. The summed E-state index contributed by atoms with van der Waals surface area (Å²) in [4.78, 5) is 0. The number of nitrogens with one attached hydrogen (secondary N) is 1. The summed E-state index contributed by atoms with van der Waals surface area (Å²) >= 11 is 5.97. The molecule has 4 nitrogen and oxygen atoms in total. The molecular weight excluding hydrogens is 343 g/mol. The number of benzene rings is 2. The van der Waals surface area contributed by atoms with E-state index in [0.717, 1.165) is 5.56 Å². The first-order chi connectivity index (χ1) is 9.98. The van der Waals surface area contributed by atoms with E-state index < -0.39 is 10.0 Å². The average Bonchev–Trinajstić information content (AvgIpc) is 2.48. The number of halogens is 2. The Kier molecular flexibility index (Phi) is 7.32. The number of hydrogen-bond donors (Lipinski definition) is 2. The van der Waals surface area contributed by atoms with Gasteiger partial charge in [0.05, 0.1) is 5.75 Å². The van der Waals surface area contributed by atoms with Crippen molar-refractivity contribution in [1.29, 1.82) is 0 Å². The summed E-state index contributed by atoms with van der Waals surface area (Å²) in [5.74, 6) is -0.159. The monoisotopic (exact) mass is 360 g/mol. The smallest absolute Gasteiger partial charge is 0.215 e. The third kappa shape index (κ3) is 5.59. The van der Waals surface area contributed by atoms with Gasteiger partial charge >= 0.3 is 0 Å². The van der Waals surface area contributed by atoms with Crippen LogP contribution in [0.4, 0.5) is 0 Å². The van der Waals surface area contributed by atoms with Crippen LogP contribution in [-0.2, 0) is 15.8 Å². The predicted molar refractivity (Wildman–Crippen MR) is 92.7 cm³/mol. The third-order valence-corrected chi connectivity index (χ3v) is 4.72. The van der Waals surface area contributed by atoms with E-state index in [1.807, 2.05) is 30.3 Å². The lowest BCUT2D eigenvalue weighted by molar-refractivity contribution is 0.571. The van der Waals surface area contributed by atoms with Crippen molar-refractivity contribution in [3.8, 4) is 0 Å². The largest absolute Gasteiger partial charge is 0.323 e. The summed E-state index contributed by atoms with van der Waals surface area (Å²) in [5.41, 5.74) is 7.43. The minimum atomic E-state index is -3.47. The highest BCUT2D eigenvalue weighted by molar-refractivity contribution is 7.88. The van der Waals surface area contributed by atoms with Crippen LogP contribution >= 0.6 is 24.0 Å². The molecule has 1 unspecified atom stereocenters. The van der Waals surface area contributed by atoms with E-state index in [0.29, 0.717) is 10.6 Å². The van der Waals surface area contributed by atoms with Crippen LogP contribution in [0.3, 0.4) is 0 Å².